The molecule has 2 rings (SSSR count). The number of nitrogens with zero attached hydrogens (tertiary/aromatic N) is 2. The quantitative estimate of drug-likeness (QED) is 0.687. The molecule has 0 radical (unpaired) electrons. The second kappa shape index (κ2) is 5.72. The largest absolute Gasteiger partial charge is 0.434 e. The van der Waals surface area contributed by atoms with Crippen LogP contribution in [-0.4, -0.2) is 15.8 Å². The van der Waals surface area contributed by atoms with Crippen molar-refractivity contribution in [3.05, 3.63) is 50.0 Å². The third kappa shape index (κ3) is 3.06. The highest BCUT2D eigenvalue weighted by atomic mass is 32.1. The first-order valence-corrected chi connectivity index (χ1v) is 6.66. The molecule has 0 unspecified atom stereocenters. The number of anilines is 1. The number of nitro benzene ring substituents is 1. The number of hydrogen-bond acceptors (Lipinski definition) is 5. The number of nitrogens with one attached hydrogen (secondary N) is 1. The summed E-state index contributed by atoms with van der Waals surface area (Å²) in [5.74, 6) is -1.02. The van der Waals surface area contributed by atoms with E-state index in [0.717, 1.165) is 5.51 Å². The summed E-state index contributed by atoms with van der Waals surface area (Å²) in [5, 5.41) is 13.1. The lowest BCUT2D eigenvalue weighted by molar-refractivity contribution is -0.385. The molecule has 0 bridgehead atoms. The van der Waals surface area contributed by atoms with Gasteiger partial charge in [0.2, 0.25) is 0 Å². The number of carbonyl (C=O) groups is 1. The molecule has 0 atom stereocenters. The zero-order valence-electron chi connectivity index (χ0n) is 11.0. The number of hydrogen-bond donors (Lipinski definition) is 1. The fraction of sp³-hybridized carbons (Fsp3) is 0.167. The van der Waals surface area contributed by atoms with Gasteiger partial charge in [0.15, 0.2) is 5.69 Å². The van der Waals surface area contributed by atoms with Gasteiger partial charge in [-0.05, 0) is 13.0 Å². The van der Waals surface area contributed by atoms with Crippen molar-refractivity contribution in [3.8, 4) is 0 Å². The maximum atomic E-state index is 12.7. The Balaban J connectivity index is 2.33. The lowest BCUT2D eigenvalue weighted by atomic mass is 10.1. The first-order valence-electron chi connectivity index (χ1n) is 5.78. The van der Waals surface area contributed by atoms with E-state index in [4.69, 9.17) is 0 Å². The van der Waals surface area contributed by atoms with Crippen molar-refractivity contribution in [2.45, 2.75) is 13.1 Å². The SMILES string of the molecule is Cc1c(NC(=O)c2scnc2C(F)(F)F)cccc1[N+](=O)[O-]. The topological polar surface area (TPSA) is 85.1 Å². The van der Waals surface area contributed by atoms with Crippen LogP contribution in [0.1, 0.15) is 20.9 Å². The van der Waals surface area contributed by atoms with E-state index in [1.54, 1.807) is 0 Å². The smallest absolute Gasteiger partial charge is 0.321 e. The summed E-state index contributed by atoms with van der Waals surface area (Å²) in [7, 11) is 0. The van der Waals surface area contributed by atoms with Crippen molar-refractivity contribution < 1.29 is 22.9 Å². The van der Waals surface area contributed by atoms with Crippen molar-refractivity contribution in [1.29, 1.82) is 0 Å². The monoisotopic (exact) mass is 331 g/mol. The molecule has 1 aromatic heterocycles. The van der Waals surface area contributed by atoms with Gasteiger partial charge in [0.1, 0.15) is 4.88 Å². The van der Waals surface area contributed by atoms with Crippen molar-refractivity contribution in [1.82, 2.24) is 4.98 Å². The van der Waals surface area contributed by atoms with E-state index in [1.807, 2.05) is 0 Å². The van der Waals surface area contributed by atoms with Crippen molar-refractivity contribution >= 4 is 28.6 Å². The molecule has 0 saturated heterocycles. The fourth-order valence-corrected chi connectivity index (χ4v) is 2.45. The van der Waals surface area contributed by atoms with Crippen LogP contribution in [0, 0.1) is 17.0 Å². The summed E-state index contributed by atoms with van der Waals surface area (Å²) in [6, 6.07) is 3.94. The number of nitro groups is 1. The molecule has 0 saturated carbocycles. The van der Waals surface area contributed by atoms with Crippen LogP contribution in [0.4, 0.5) is 24.5 Å². The summed E-state index contributed by atoms with van der Waals surface area (Å²) >= 11 is 0.543. The molecule has 1 heterocycles. The number of rotatable bonds is 3. The van der Waals surface area contributed by atoms with E-state index in [9.17, 15) is 28.1 Å². The molecular weight excluding hydrogens is 323 g/mol. The van der Waals surface area contributed by atoms with Crippen LogP contribution < -0.4 is 5.32 Å². The zero-order valence-corrected chi connectivity index (χ0v) is 11.8. The molecule has 1 aromatic carbocycles. The van der Waals surface area contributed by atoms with Gasteiger partial charge in [0.25, 0.3) is 11.6 Å². The second-order valence-electron chi connectivity index (χ2n) is 4.19. The normalized spacial score (nSPS) is 11.3. The minimum atomic E-state index is -4.75. The first kappa shape index (κ1) is 15.9. The maximum absolute atomic E-state index is 12.7. The van der Waals surface area contributed by atoms with E-state index < -0.39 is 27.6 Å². The Kier molecular flexibility index (Phi) is 4.13. The van der Waals surface area contributed by atoms with Gasteiger partial charge in [-0.2, -0.15) is 13.2 Å². The van der Waals surface area contributed by atoms with Gasteiger partial charge in [-0.15, -0.1) is 11.3 Å². The molecular formula is C12H8F3N3O3S. The van der Waals surface area contributed by atoms with Crippen LogP contribution in [0.15, 0.2) is 23.7 Å². The fourth-order valence-electron chi connectivity index (χ4n) is 1.74. The van der Waals surface area contributed by atoms with Crippen LogP contribution in [0.25, 0.3) is 0 Å². The Hall–Kier alpha value is -2.49. The number of carbonyl (C=O) groups excluding carboxylic acids is 1. The second-order valence-corrected chi connectivity index (χ2v) is 5.04. The Morgan fingerprint density at radius 2 is 2.09 bits per heavy atom. The van der Waals surface area contributed by atoms with Crippen molar-refractivity contribution in [2.24, 2.45) is 0 Å². The predicted octanol–water partition coefficient (Wildman–Crippen LogP) is 3.63. The molecule has 22 heavy (non-hydrogen) atoms. The van der Waals surface area contributed by atoms with Crippen LogP contribution in [0.3, 0.4) is 0 Å². The summed E-state index contributed by atoms with van der Waals surface area (Å²) in [6.07, 6.45) is -4.75. The Morgan fingerprint density at radius 3 is 2.68 bits per heavy atom. The minimum absolute atomic E-state index is 0.0701. The molecule has 0 fully saturated rings. The van der Waals surface area contributed by atoms with Gasteiger partial charge >= 0.3 is 6.18 Å². The van der Waals surface area contributed by atoms with Gasteiger partial charge in [0.05, 0.1) is 21.7 Å². The number of benzene rings is 1. The van der Waals surface area contributed by atoms with Gasteiger partial charge < -0.3 is 5.32 Å². The summed E-state index contributed by atoms with van der Waals surface area (Å²) in [5.41, 5.74) is -0.381. The molecule has 0 aliphatic carbocycles. The lowest BCUT2D eigenvalue weighted by Gasteiger charge is -2.09. The van der Waals surface area contributed by atoms with Gasteiger partial charge in [-0.1, -0.05) is 6.07 Å². The van der Waals surface area contributed by atoms with Gasteiger partial charge in [-0.25, -0.2) is 4.98 Å². The van der Waals surface area contributed by atoms with Crippen LogP contribution in [0.2, 0.25) is 0 Å². The highest BCUT2D eigenvalue weighted by Gasteiger charge is 2.38. The molecule has 0 spiro atoms. The number of alkyl halides is 3. The molecule has 0 aliphatic heterocycles. The maximum Gasteiger partial charge on any atom is 0.434 e. The number of aromatic nitrogens is 1. The van der Waals surface area contributed by atoms with E-state index in [2.05, 4.69) is 10.3 Å². The standard InChI is InChI=1S/C12H8F3N3O3S/c1-6-7(3-2-4-8(6)18(20)21)17-11(19)9-10(12(13,14)15)16-5-22-9/h2-5H,1H3,(H,17,19). The summed E-state index contributed by atoms with van der Waals surface area (Å²) < 4.78 is 38.1. The number of halogens is 3. The highest BCUT2D eigenvalue weighted by molar-refractivity contribution is 7.12. The highest BCUT2D eigenvalue weighted by Crippen LogP contribution is 2.33. The number of amides is 1. The Labute approximate surface area is 125 Å². The van der Waals surface area contributed by atoms with Crippen molar-refractivity contribution in [2.75, 3.05) is 5.32 Å². The lowest BCUT2D eigenvalue weighted by Crippen LogP contribution is -2.17. The number of thiazole rings is 1. The minimum Gasteiger partial charge on any atom is -0.321 e. The molecule has 6 nitrogen and oxygen atoms in total. The summed E-state index contributed by atoms with van der Waals surface area (Å²) in [6.45, 7) is 1.39. The van der Waals surface area contributed by atoms with Gasteiger partial charge in [0, 0.05) is 6.07 Å². The average molecular weight is 331 g/mol. The molecule has 1 amide bonds. The zero-order chi connectivity index (χ0) is 16.5. The van der Waals surface area contributed by atoms with E-state index >= 15 is 0 Å². The van der Waals surface area contributed by atoms with Crippen molar-refractivity contribution in [3.63, 3.8) is 0 Å². The molecule has 0 aliphatic rings. The van der Waals surface area contributed by atoms with Crippen LogP contribution in [-0.2, 0) is 6.18 Å². The Bertz CT molecular complexity index is 743. The van der Waals surface area contributed by atoms with Gasteiger partial charge in [-0.3, -0.25) is 14.9 Å². The molecule has 116 valence electrons. The van der Waals surface area contributed by atoms with E-state index in [1.165, 1.54) is 25.1 Å². The first-order chi connectivity index (χ1) is 10.2. The molecule has 10 heteroatoms. The van der Waals surface area contributed by atoms with E-state index in [-0.39, 0.29) is 16.9 Å². The Morgan fingerprint density at radius 1 is 1.41 bits per heavy atom. The predicted molar refractivity (Wildman–Crippen MR) is 72.9 cm³/mol. The van der Waals surface area contributed by atoms with Crippen LogP contribution in [0.5, 0.6) is 0 Å². The molecule has 2 aromatic rings. The van der Waals surface area contributed by atoms with E-state index in [0.29, 0.717) is 11.3 Å². The van der Waals surface area contributed by atoms with Crippen LogP contribution >= 0.6 is 11.3 Å². The molecule has 1 N–H and O–H groups in total. The third-order valence-corrected chi connectivity index (χ3v) is 3.62. The average Bonchev–Trinajstić information content (AvgIpc) is 2.90. The summed E-state index contributed by atoms with van der Waals surface area (Å²) in [4.78, 5) is 24.7. The third-order valence-electron chi connectivity index (χ3n) is 2.79.